The molecule has 2 heterocycles. The molecule has 2 aromatic rings. The number of nitrogens with one attached hydrogen (secondary N) is 1. The van der Waals surface area contributed by atoms with Gasteiger partial charge in [-0.3, -0.25) is 4.68 Å². The largest absolute Gasteiger partial charge is 0.386 e. The molecule has 0 aliphatic rings. The fraction of sp³-hybridized carbons (Fsp3) is 0.250. The van der Waals surface area contributed by atoms with Crippen LogP contribution in [0.3, 0.4) is 0 Å². The second-order valence-electron chi connectivity index (χ2n) is 3.86. The number of aliphatic hydroxyl groups is 1. The van der Waals surface area contributed by atoms with Crippen molar-refractivity contribution in [3.05, 3.63) is 41.9 Å². The van der Waals surface area contributed by atoms with Crippen molar-refractivity contribution in [3.63, 3.8) is 0 Å². The van der Waals surface area contributed by atoms with Crippen LogP contribution < -0.4 is 5.32 Å². The zero-order valence-electron chi connectivity index (χ0n) is 9.91. The van der Waals surface area contributed by atoms with Gasteiger partial charge in [-0.15, -0.1) is 0 Å². The number of nitriles is 1. The number of pyridine rings is 1. The Morgan fingerprint density at radius 3 is 3.11 bits per heavy atom. The Morgan fingerprint density at radius 2 is 2.44 bits per heavy atom. The second kappa shape index (κ2) is 5.29. The quantitative estimate of drug-likeness (QED) is 0.830. The minimum Gasteiger partial charge on any atom is -0.386 e. The lowest BCUT2D eigenvalue weighted by molar-refractivity contribution is 0.191. The van der Waals surface area contributed by atoms with Crippen LogP contribution in [0.5, 0.6) is 0 Å². The van der Waals surface area contributed by atoms with E-state index in [0.29, 0.717) is 11.4 Å². The van der Waals surface area contributed by atoms with Gasteiger partial charge in [0.25, 0.3) is 0 Å². The smallest absolute Gasteiger partial charge is 0.143 e. The molecule has 92 valence electrons. The Hall–Kier alpha value is -2.39. The third-order valence-electron chi connectivity index (χ3n) is 2.50. The van der Waals surface area contributed by atoms with Gasteiger partial charge in [-0.25, -0.2) is 4.98 Å². The highest BCUT2D eigenvalue weighted by molar-refractivity contribution is 5.51. The normalized spacial score (nSPS) is 11.8. The van der Waals surface area contributed by atoms with E-state index in [-0.39, 0.29) is 6.54 Å². The van der Waals surface area contributed by atoms with E-state index in [4.69, 9.17) is 5.26 Å². The molecule has 2 rings (SSSR count). The van der Waals surface area contributed by atoms with Crippen LogP contribution in [0.15, 0.2) is 30.7 Å². The molecule has 0 aliphatic heterocycles. The van der Waals surface area contributed by atoms with Crippen LogP contribution in [0.25, 0.3) is 0 Å². The van der Waals surface area contributed by atoms with Gasteiger partial charge in [-0.2, -0.15) is 10.4 Å². The molecule has 0 aromatic carbocycles. The lowest BCUT2D eigenvalue weighted by atomic mass is 10.2. The summed E-state index contributed by atoms with van der Waals surface area (Å²) in [5.74, 6) is 0.475. The van der Waals surface area contributed by atoms with E-state index >= 15 is 0 Å². The number of hydrogen-bond acceptors (Lipinski definition) is 5. The maximum absolute atomic E-state index is 9.93. The first-order valence-electron chi connectivity index (χ1n) is 5.46. The lowest BCUT2D eigenvalue weighted by Crippen LogP contribution is -2.13. The summed E-state index contributed by atoms with van der Waals surface area (Å²) in [6.45, 7) is 0.275. The molecule has 2 N–H and O–H groups in total. The number of nitrogens with zero attached hydrogens (tertiary/aromatic N) is 4. The molecule has 0 saturated heterocycles. The van der Waals surface area contributed by atoms with Crippen LogP contribution in [-0.4, -0.2) is 26.4 Å². The minimum absolute atomic E-state index is 0.275. The highest BCUT2D eigenvalue weighted by atomic mass is 16.3. The highest BCUT2D eigenvalue weighted by Crippen LogP contribution is 2.14. The topological polar surface area (TPSA) is 86.8 Å². The number of aromatic nitrogens is 3. The average Bonchev–Trinajstić information content (AvgIpc) is 2.83. The van der Waals surface area contributed by atoms with Gasteiger partial charge in [0.2, 0.25) is 0 Å². The van der Waals surface area contributed by atoms with E-state index in [0.717, 1.165) is 5.56 Å². The molecule has 0 spiro atoms. The summed E-state index contributed by atoms with van der Waals surface area (Å²) in [7, 11) is 1.79. The maximum Gasteiger partial charge on any atom is 0.143 e. The molecule has 0 amide bonds. The maximum atomic E-state index is 9.93. The van der Waals surface area contributed by atoms with Crippen molar-refractivity contribution in [3.8, 4) is 6.07 Å². The molecule has 6 nitrogen and oxygen atoms in total. The molecule has 2 aromatic heterocycles. The summed E-state index contributed by atoms with van der Waals surface area (Å²) in [4.78, 5) is 4.05. The first-order valence-corrected chi connectivity index (χ1v) is 5.46. The number of aryl methyl sites for hydroxylation is 1. The summed E-state index contributed by atoms with van der Waals surface area (Å²) < 4.78 is 1.63. The summed E-state index contributed by atoms with van der Waals surface area (Å²) in [6, 6.07) is 5.41. The number of aliphatic hydroxyl groups excluding tert-OH is 1. The molecule has 18 heavy (non-hydrogen) atoms. The Kier molecular flexibility index (Phi) is 3.55. The first kappa shape index (κ1) is 12.1. The SMILES string of the molecule is Cn1cc(C(O)CNc2ncccc2C#N)cn1. The molecular weight excluding hydrogens is 230 g/mol. The molecular formula is C12H13N5O. The second-order valence-corrected chi connectivity index (χ2v) is 3.86. The predicted molar refractivity (Wildman–Crippen MR) is 65.6 cm³/mol. The van der Waals surface area contributed by atoms with Crippen molar-refractivity contribution >= 4 is 5.82 Å². The standard InChI is InChI=1S/C12H13N5O/c1-17-8-10(6-16-17)11(18)7-15-12-9(5-13)3-2-4-14-12/h2-4,6,8,11,18H,7H2,1H3,(H,14,15). The zero-order chi connectivity index (χ0) is 13.0. The van der Waals surface area contributed by atoms with Gasteiger partial charge >= 0.3 is 0 Å². The van der Waals surface area contributed by atoms with E-state index in [9.17, 15) is 5.11 Å². The average molecular weight is 243 g/mol. The van der Waals surface area contributed by atoms with Crippen molar-refractivity contribution in [1.82, 2.24) is 14.8 Å². The molecule has 0 bridgehead atoms. The van der Waals surface area contributed by atoms with Crippen molar-refractivity contribution < 1.29 is 5.11 Å². The van der Waals surface area contributed by atoms with Gasteiger partial charge in [0.15, 0.2) is 0 Å². The number of hydrogen-bond donors (Lipinski definition) is 2. The van der Waals surface area contributed by atoms with Crippen molar-refractivity contribution in [1.29, 1.82) is 5.26 Å². The number of anilines is 1. The fourth-order valence-electron chi connectivity index (χ4n) is 1.56. The van der Waals surface area contributed by atoms with Gasteiger partial charge < -0.3 is 10.4 Å². The summed E-state index contributed by atoms with van der Waals surface area (Å²) >= 11 is 0. The molecule has 0 saturated carbocycles. The summed E-state index contributed by atoms with van der Waals surface area (Å²) in [5, 5.41) is 25.8. The third-order valence-corrected chi connectivity index (χ3v) is 2.50. The zero-order valence-corrected chi connectivity index (χ0v) is 9.91. The fourth-order valence-corrected chi connectivity index (χ4v) is 1.56. The minimum atomic E-state index is -0.688. The van der Waals surface area contributed by atoms with Gasteiger partial charge in [0, 0.05) is 31.5 Å². The predicted octanol–water partition coefficient (Wildman–Crippen LogP) is 0.832. The Labute approximate surface area is 105 Å². The highest BCUT2D eigenvalue weighted by Gasteiger charge is 2.10. The summed E-state index contributed by atoms with van der Waals surface area (Å²) in [6.07, 6.45) is 4.26. The Bertz CT molecular complexity index is 572. The van der Waals surface area contributed by atoms with Crippen molar-refractivity contribution in [2.45, 2.75) is 6.10 Å². The van der Waals surface area contributed by atoms with E-state index in [1.54, 1.807) is 42.5 Å². The Morgan fingerprint density at radius 1 is 1.61 bits per heavy atom. The van der Waals surface area contributed by atoms with Gasteiger partial charge in [-0.1, -0.05) is 0 Å². The molecule has 0 aliphatic carbocycles. The molecule has 0 radical (unpaired) electrons. The molecule has 0 fully saturated rings. The van der Waals surface area contributed by atoms with Crippen LogP contribution in [0.1, 0.15) is 17.2 Å². The van der Waals surface area contributed by atoms with Crippen LogP contribution in [-0.2, 0) is 7.05 Å². The number of rotatable bonds is 4. The van der Waals surface area contributed by atoms with E-state index in [2.05, 4.69) is 15.4 Å². The van der Waals surface area contributed by atoms with Gasteiger partial charge in [0.05, 0.1) is 17.9 Å². The molecule has 6 heteroatoms. The first-order chi connectivity index (χ1) is 8.70. The van der Waals surface area contributed by atoms with Crippen molar-refractivity contribution in [2.75, 3.05) is 11.9 Å². The van der Waals surface area contributed by atoms with Crippen LogP contribution in [0.2, 0.25) is 0 Å². The van der Waals surface area contributed by atoms with Gasteiger partial charge in [-0.05, 0) is 12.1 Å². The van der Waals surface area contributed by atoms with Crippen molar-refractivity contribution in [2.24, 2.45) is 7.05 Å². The van der Waals surface area contributed by atoms with Gasteiger partial charge in [0.1, 0.15) is 11.9 Å². The summed E-state index contributed by atoms with van der Waals surface area (Å²) in [5.41, 5.74) is 1.18. The van der Waals surface area contributed by atoms with Crippen LogP contribution in [0, 0.1) is 11.3 Å². The van der Waals surface area contributed by atoms with Crippen LogP contribution >= 0.6 is 0 Å². The Balaban J connectivity index is 2.02. The third kappa shape index (κ3) is 2.64. The molecule has 1 unspecified atom stereocenters. The van der Waals surface area contributed by atoms with E-state index < -0.39 is 6.10 Å². The molecule has 1 atom stereocenters. The van der Waals surface area contributed by atoms with E-state index in [1.807, 2.05) is 6.07 Å². The van der Waals surface area contributed by atoms with E-state index in [1.165, 1.54) is 0 Å². The van der Waals surface area contributed by atoms with Crippen LogP contribution in [0.4, 0.5) is 5.82 Å². The monoisotopic (exact) mass is 243 g/mol. The lowest BCUT2D eigenvalue weighted by Gasteiger charge is -2.11.